The Morgan fingerprint density at radius 1 is 1.00 bits per heavy atom. The Hall–Kier alpha value is -2.33. The summed E-state index contributed by atoms with van der Waals surface area (Å²) in [5, 5.41) is 4.43. The topological polar surface area (TPSA) is 44.7 Å². The van der Waals surface area contributed by atoms with E-state index in [1.807, 2.05) is 12.1 Å². The maximum absolute atomic E-state index is 12.0. The Morgan fingerprint density at radius 3 is 2.36 bits per heavy atom. The summed E-state index contributed by atoms with van der Waals surface area (Å²) in [6.07, 6.45) is 6.81. The van der Waals surface area contributed by atoms with E-state index in [9.17, 15) is 4.79 Å². The van der Waals surface area contributed by atoms with Crippen molar-refractivity contribution < 1.29 is 4.79 Å². The third-order valence-corrected chi connectivity index (χ3v) is 4.69. The molecular weight excluding hydrogens is 334 g/mol. The van der Waals surface area contributed by atoms with Gasteiger partial charge in [0.15, 0.2) is 0 Å². The predicted molar refractivity (Wildman–Crippen MR) is 104 cm³/mol. The van der Waals surface area contributed by atoms with Gasteiger partial charge in [-0.1, -0.05) is 48.7 Å². The van der Waals surface area contributed by atoms with E-state index in [1.165, 1.54) is 31.4 Å². The fourth-order valence-electron chi connectivity index (χ4n) is 2.97. The van der Waals surface area contributed by atoms with Crippen LogP contribution in [0.25, 0.3) is 0 Å². The molecule has 2 aromatic carbocycles. The van der Waals surface area contributed by atoms with E-state index in [2.05, 4.69) is 27.6 Å². The van der Waals surface area contributed by atoms with Gasteiger partial charge in [0.05, 0.1) is 16.8 Å². The summed E-state index contributed by atoms with van der Waals surface area (Å²) < 4.78 is 0. The molecule has 130 valence electrons. The SMILES string of the molecule is O=C(N/N=C\c1ccc(N2CCCCCC2)cc1)c1ccccc1Cl. The van der Waals surface area contributed by atoms with Crippen LogP contribution in [-0.2, 0) is 0 Å². The predicted octanol–water partition coefficient (Wildman–Crippen LogP) is 4.48. The molecule has 0 spiro atoms. The molecule has 1 saturated heterocycles. The molecule has 5 heteroatoms. The molecule has 1 heterocycles. The number of hydrazone groups is 1. The number of hydrogen-bond donors (Lipinski definition) is 1. The molecule has 1 aliphatic rings. The zero-order valence-electron chi connectivity index (χ0n) is 14.1. The van der Waals surface area contributed by atoms with Crippen LogP contribution in [0.15, 0.2) is 53.6 Å². The molecule has 0 unspecified atom stereocenters. The van der Waals surface area contributed by atoms with Crippen LogP contribution in [0.5, 0.6) is 0 Å². The summed E-state index contributed by atoms with van der Waals surface area (Å²) in [5.41, 5.74) is 5.12. The van der Waals surface area contributed by atoms with Gasteiger partial charge in [0.2, 0.25) is 0 Å². The Bertz CT molecular complexity index is 735. The zero-order valence-corrected chi connectivity index (χ0v) is 14.9. The first-order chi connectivity index (χ1) is 12.2. The second-order valence-electron chi connectivity index (χ2n) is 6.17. The van der Waals surface area contributed by atoms with Crippen LogP contribution >= 0.6 is 11.6 Å². The number of hydrogen-bond acceptors (Lipinski definition) is 3. The number of carbonyl (C=O) groups excluding carboxylic acids is 1. The molecule has 3 rings (SSSR count). The van der Waals surface area contributed by atoms with E-state index in [0.29, 0.717) is 10.6 Å². The maximum Gasteiger partial charge on any atom is 0.272 e. The number of halogens is 1. The van der Waals surface area contributed by atoms with Crippen LogP contribution in [0.2, 0.25) is 5.02 Å². The smallest absolute Gasteiger partial charge is 0.272 e. The van der Waals surface area contributed by atoms with Crippen LogP contribution < -0.4 is 10.3 Å². The van der Waals surface area contributed by atoms with Gasteiger partial charge in [0, 0.05) is 18.8 Å². The van der Waals surface area contributed by atoms with Crippen LogP contribution in [0, 0.1) is 0 Å². The largest absolute Gasteiger partial charge is 0.372 e. The lowest BCUT2D eigenvalue weighted by Gasteiger charge is -2.22. The van der Waals surface area contributed by atoms with E-state index in [4.69, 9.17) is 11.6 Å². The molecule has 1 aliphatic heterocycles. The highest BCUT2D eigenvalue weighted by atomic mass is 35.5. The Balaban J connectivity index is 1.58. The Kier molecular flexibility index (Phi) is 6.07. The first kappa shape index (κ1) is 17.5. The Morgan fingerprint density at radius 2 is 1.68 bits per heavy atom. The summed E-state index contributed by atoms with van der Waals surface area (Å²) in [7, 11) is 0. The maximum atomic E-state index is 12.0. The minimum absolute atomic E-state index is 0.317. The van der Waals surface area contributed by atoms with Crippen molar-refractivity contribution in [3.63, 3.8) is 0 Å². The summed E-state index contributed by atoms with van der Waals surface area (Å²) in [6.45, 7) is 2.25. The lowest BCUT2D eigenvalue weighted by molar-refractivity contribution is 0.0955. The van der Waals surface area contributed by atoms with Crippen molar-refractivity contribution in [2.75, 3.05) is 18.0 Å². The summed E-state index contributed by atoms with van der Waals surface area (Å²) in [5.74, 6) is -0.317. The molecule has 0 aromatic heterocycles. The molecule has 25 heavy (non-hydrogen) atoms. The zero-order chi connectivity index (χ0) is 17.5. The fourth-order valence-corrected chi connectivity index (χ4v) is 3.19. The van der Waals surface area contributed by atoms with Gasteiger partial charge in [-0.3, -0.25) is 4.79 Å². The number of amides is 1. The lowest BCUT2D eigenvalue weighted by atomic mass is 10.2. The highest BCUT2D eigenvalue weighted by Gasteiger charge is 2.10. The van der Waals surface area contributed by atoms with Crippen molar-refractivity contribution in [3.8, 4) is 0 Å². The summed E-state index contributed by atoms with van der Waals surface area (Å²) in [4.78, 5) is 14.5. The van der Waals surface area contributed by atoms with Crippen molar-refractivity contribution in [1.82, 2.24) is 5.43 Å². The van der Waals surface area contributed by atoms with Gasteiger partial charge in [-0.15, -0.1) is 0 Å². The molecule has 0 atom stereocenters. The van der Waals surface area contributed by atoms with E-state index in [-0.39, 0.29) is 5.91 Å². The number of benzene rings is 2. The minimum atomic E-state index is -0.317. The van der Waals surface area contributed by atoms with Gasteiger partial charge >= 0.3 is 0 Å². The number of anilines is 1. The molecular formula is C20H22ClN3O. The number of nitrogens with zero attached hydrogens (tertiary/aromatic N) is 2. The second-order valence-corrected chi connectivity index (χ2v) is 6.58. The number of carbonyl (C=O) groups is 1. The highest BCUT2D eigenvalue weighted by molar-refractivity contribution is 6.33. The first-order valence-electron chi connectivity index (χ1n) is 8.67. The van der Waals surface area contributed by atoms with Gasteiger partial charge in [0.25, 0.3) is 5.91 Å². The first-order valence-corrected chi connectivity index (χ1v) is 9.05. The van der Waals surface area contributed by atoms with Crippen LogP contribution in [0.1, 0.15) is 41.6 Å². The monoisotopic (exact) mass is 355 g/mol. The van der Waals surface area contributed by atoms with E-state index in [1.54, 1.807) is 30.5 Å². The van der Waals surface area contributed by atoms with E-state index >= 15 is 0 Å². The van der Waals surface area contributed by atoms with Crippen molar-refractivity contribution >= 4 is 29.4 Å². The van der Waals surface area contributed by atoms with Crippen molar-refractivity contribution in [2.45, 2.75) is 25.7 Å². The molecule has 1 N–H and O–H groups in total. The number of nitrogens with one attached hydrogen (secondary N) is 1. The standard InChI is InChI=1S/C20H22ClN3O/c21-19-8-4-3-7-18(19)20(25)23-22-15-16-9-11-17(12-10-16)24-13-5-1-2-6-14-24/h3-4,7-12,15H,1-2,5-6,13-14H2,(H,23,25)/b22-15-. The molecule has 0 radical (unpaired) electrons. The van der Waals surface area contributed by atoms with Crippen molar-refractivity contribution in [1.29, 1.82) is 0 Å². The third-order valence-electron chi connectivity index (χ3n) is 4.36. The third kappa shape index (κ3) is 4.83. The van der Waals surface area contributed by atoms with E-state index in [0.717, 1.165) is 18.7 Å². The lowest BCUT2D eigenvalue weighted by Crippen LogP contribution is -2.23. The Labute approximate surface area is 153 Å². The van der Waals surface area contributed by atoms with Gasteiger partial charge < -0.3 is 4.90 Å². The van der Waals surface area contributed by atoms with Crippen LogP contribution in [0.3, 0.4) is 0 Å². The van der Waals surface area contributed by atoms with Gasteiger partial charge in [-0.2, -0.15) is 5.10 Å². The van der Waals surface area contributed by atoms with Crippen molar-refractivity contribution in [2.24, 2.45) is 5.10 Å². The van der Waals surface area contributed by atoms with Gasteiger partial charge in [-0.05, 0) is 42.7 Å². The molecule has 1 fully saturated rings. The summed E-state index contributed by atoms with van der Waals surface area (Å²) >= 11 is 6.00. The van der Waals surface area contributed by atoms with Gasteiger partial charge in [-0.25, -0.2) is 5.43 Å². The molecule has 2 aromatic rings. The average molecular weight is 356 g/mol. The van der Waals surface area contributed by atoms with Crippen molar-refractivity contribution in [3.05, 3.63) is 64.7 Å². The molecule has 4 nitrogen and oxygen atoms in total. The number of rotatable bonds is 4. The minimum Gasteiger partial charge on any atom is -0.372 e. The quantitative estimate of drug-likeness (QED) is 0.649. The van der Waals surface area contributed by atoms with Gasteiger partial charge in [0.1, 0.15) is 0 Å². The molecule has 1 amide bonds. The van der Waals surface area contributed by atoms with Crippen LogP contribution in [-0.4, -0.2) is 25.2 Å². The highest BCUT2D eigenvalue weighted by Crippen LogP contribution is 2.19. The fraction of sp³-hybridized carbons (Fsp3) is 0.300. The second kappa shape index (κ2) is 8.67. The summed E-state index contributed by atoms with van der Waals surface area (Å²) in [6, 6.07) is 15.2. The normalized spacial score (nSPS) is 15.2. The average Bonchev–Trinajstić information content (AvgIpc) is 2.92. The van der Waals surface area contributed by atoms with E-state index < -0.39 is 0 Å². The molecule has 0 aliphatic carbocycles. The molecule has 0 saturated carbocycles. The molecule has 0 bridgehead atoms. The van der Waals surface area contributed by atoms with Crippen LogP contribution in [0.4, 0.5) is 5.69 Å².